The highest BCUT2D eigenvalue weighted by Gasteiger charge is 2.35. The highest BCUT2D eigenvalue weighted by atomic mass is 19.1. The Hall–Kier alpha value is -0.0700. The third-order valence-electron chi connectivity index (χ3n) is 7.67. The molecule has 0 aromatic rings. The maximum absolute atomic E-state index is 12.6. The minimum Gasteiger partial charge on any atom is -0.251 e. The van der Waals surface area contributed by atoms with Crippen LogP contribution < -0.4 is 0 Å². The van der Waals surface area contributed by atoms with Crippen LogP contribution >= 0.6 is 0 Å². The lowest BCUT2D eigenvalue weighted by Gasteiger charge is -2.42. The van der Waals surface area contributed by atoms with Crippen molar-refractivity contribution in [2.75, 3.05) is 6.67 Å². The van der Waals surface area contributed by atoms with E-state index < -0.39 is 0 Å². The molecule has 0 radical (unpaired) electrons. The van der Waals surface area contributed by atoms with Crippen LogP contribution in [0, 0.1) is 35.5 Å². The molecule has 0 nitrogen and oxygen atoms in total. The van der Waals surface area contributed by atoms with Crippen LogP contribution in [-0.4, -0.2) is 6.67 Å². The molecule has 0 spiro atoms. The zero-order valence-electron chi connectivity index (χ0n) is 14.7. The van der Waals surface area contributed by atoms with Crippen molar-refractivity contribution in [1.82, 2.24) is 0 Å². The molecule has 128 valence electrons. The standard InChI is InChI=1S/C21H37F/c1-16-15-21(12-7-17(16)13-14-22)20-10-8-19(9-11-20)18-5-3-2-4-6-18/h16-21H,2-15H2,1H3. The molecule has 3 aliphatic rings. The maximum Gasteiger partial charge on any atom is 0.0897 e. The third-order valence-corrected chi connectivity index (χ3v) is 7.67. The zero-order valence-corrected chi connectivity index (χ0v) is 14.7. The Kier molecular flexibility index (Phi) is 6.22. The molecule has 0 aliphatic heterocycles. The Morgan fingerprint density at radius 3 is 1.82 bits per heavy atom. The monoisotopic (exact) mass is 308 g/mol. The summed E-state index contributed by atoms with van der Waals surface area (Å²) < 4.78 is 12.6. The number of rotatable bonds is 4. The number of alkyl halides is 1. The van der Waals surface area contributed by atoms with E-state index >= 15 is 0 Å². The quantitative estimate of drug-likeness (QED) is 0.536. The maximum atomic E-state index is 12.6. The topological polar surface area (TPSA) is 0 Å². The molecular weight excluding hydrogens is 271 g/mol. The second-order valence-electron chi connectivity index (χ2n) is 8.86. The molecule has 0 heterocycles. The van der Waals surface area contributed by atoms with E-state index in [2.05, 4.69) is 6.92 Å². The first-order chi connectivity index (χ1) is 10.8. The molecule has 3 saturated carbocycles. The van der Waals surface area contributed by atoms with Crippen molar-refractivity contribution in [3.8, 4) is 0 Å². The van der Waals surface area contributed by atoms with Crippen LogP contribution in [-0.2, 0) is 0 Å². The average Bonchev–Trinajstić information content (AvgIpc) is 2.58. The van der Waals surface area contributed by atoms with E-state index in [0.29, 0.717) is 5.92 Å². The van der Waals surface area contributed by atoms with Gasteiger partial charge >= 0.3 is 0 Å². The normalized spacial score (nSPS) is 41.5. The molecule has 0 aromatic carbocycles. The molecule has 3 aliphatic carbocycles. The van der Waals surface area contributed by atoms with Crippen LogP contribution in [0.3, 0.4) is 0 Å². The van der Waals surface area contributed by atoms with E-state index in [9.17, 15) is 4.39 Å². The van der Waals surface area contributed by atoms with Crippen molar-refractivity contribution < 1.29 is 4.39 Å². The van der Waals surface area contributed by atoms with Crippen molar-refractivity contribution in [2.24, 2.45) is 35.5 Å². The first-order valence-electron chi connectivity index (χ1n) is 10.3. The van der Waals surface area contributed by atoms with Crippen LogP contribution in [0.5, 0.6) is 0 Å². The number of hydrogen-bond donors (Lipinski definition) is 0. The molecule has 3 unspecified atom stereocenters. The van der Waals surface area contributed by atoms with E-state index in [1.54, 1.807) is 0 Å². The van der Waals surface area contributed by atoms with Gasteiger partial charge in [0, 0.05) is 0 Å². The minimum atomic E-state index is -0.105. The smallest absolute Gasteiger partial charge is 0.0897 e. The largest absolute Gasteiger partial charge is 0.251 e. The van der Waals surface area contributed by atoms with E-state index in [1.165, 1.54) is 77.0 Å². The van der Waals surface area contributed by atoms with Gasteiger partial charge < -0.3 is 0 Å². The molecule has 3 rings (SSSR count). The number of hydrogen-bond acceptors (Lipinski definition) is 0. The summed E-state index contributed by atoms with van der Waals surface area (Å²) in [6, 6.07) is 0. The fourth-order valence-electron chi connectivity index (χ4n) is 6.19. The molecule has 3 fully saturated rings. The van der Waals surface area contributed by atoms with Gasteiger partial charge in [-0.1, -0.05) is 39.0 Å². The van der Waals surface area contributed by atoms with Crippen molar-refractivity contribution in [3.05, 3.63) is 0 Å². The first kappa shape index (κ1) is 16.8. The van der Waals surface area contributed by atoms with E-state index in [1.807, 2.05) is 0 Å². The molecular formula is C21H37F. The fourth-order valence-corrected chi connectivity index (χ4v) is 6.19. The van der Waals surface area contributed by atoms with Gasteiger partial charge in [0.05, 0.1) is 6.67 Å². The van der Waals surface area contributed by atoms with Gasteiger partial charge in [0.2, 0.25) is 0 Å². The second-order valence-corrected chi connectivity index (χ2v) is 8.86. The molecule has 22 heavy (non-hydrogen) atoms. The van der Waals surface area contributed by atoms with Crippen molar-refractivity contribution in [2.45, 2.75) is 90.4 Å². The van der Waals surface area contributed by atoms with Gasteiger partial charge in [0.15, 0.2) is 0 Å². The lowest BCUT2D eigenvalue weighted by molar-refractivity contribution is 0.0864. The van der Waals surface area contributed by atoms with Crippen molar-refractivity contribution >= 4 is 0 Å². The predicted molar refractivity (Wildman–Crippen MR) is 92.6 cm³/mol. The molecule has 0 amide bonds. The summed E-state index contributed by atoms with van der Waals surface area (Å²) in [6.07, 6.45) is 18.5. The lowest BCUT2D eigenvalue weighted by Crippen LogP contribution is -2.31. The lowest BCUT2D eigenvalue weighted by atomic mass is 9.63. The molecule has 0 bridgehead atoms. The SMILES string of the molecule is CC1CC(C2CCC(C3CCCCC3)CC2)CCC1CCF. The molecule has 0 N–H and O–H groups in total. The molecule has 0 saturated heterocycles. The summed E-state index contributed by atoms with van der Waals surface area (Å²) in [6.45, 7) is 2.28. The van der Waals surface area contributed by atoms with Crippen molar-refractivity contribution in [1.29, 1.82) is 0 Å². The molecule has 1 heteroatoms. The Bertz CT molecular complexity index is 312. The summed E-state index contributed by atoms with van der Waals surface area (Å²) in [5, 5.41) is 0. The fraction of sp³-hybridized carbons (Fsp3) is 1.00. The van der Waals surface area contributed by atoms with Gasteiger partial charge in [-0.25, -0.2) is 0 Å². The van der Waals surface area contributed by atoms with E-state index in [0.717, 1.165) is 36.0 Å². The third kappa shape index (κ3) is 4.06. The van der Waals surface area contributed by atoms with Crippen LogP contribution in [0.25, 0.3) is 0 Å². The zero-order chi connectivity index (χ0) is 15.4. The second kappa shape index (κ2) is 8.15. The van der Waals surface area contributed by atoms with Gasteiger partial charge in [-0.3, -0.25) is 4.39 Å². The Balaban J connectivity index is 1.43. The molecule has 3 atom stereocenters. The summed E-state index contributed by atoms with van der Waals surface area (Å²) >= 11 is 0. The van der Waals surface area contributed by atoms with Gasteiger partial charge in [-0.2, -0.15) is 0 Å². The van der Waals surface area contributed by atoms with Crippen LogP contribution in [0.15, 0.2) is 0 Å². The van der Waals surface area contributed by atoms with Gasteiger partial charge in [0.25, 0.3) is 0 Å². The average molecular weight is 309 g/mol. The minimum absolute atomic E-state index is 0.105. The van der Waals surface area contributed by atoms with Crippen LogP contribution in [0.2, 0.25) is 0 Å². The van der Waals surface area contributed by atoms with Crippen LogP contribution in [0.4, 0.5) is 4.39 Å². The Morgan fingerprint density at radius 1 is 0.682 bits per heavy atom. The first-order valence-corrected chi connectivity index (χ1v) is 10.3. The predicted octanol–water partition coefficient (Wildman–Crippen LogP) is 6.79. The summed E-state index contributed by atoms with van der Waals surface area (Å²) in [5.74, 6) is 5.57. The van der Waals surface area contributed by atoms with Gasteiger partial charge in [-0.15, -0.1) is 0 Å². The van der Waals surface area contributed by atoms with Crippen LogP contribution in [0.1, 0.15) is 90.4 Å². The number of halogens is 1. The Labute approximate surface area is 137 Å². The Morgan fingerprint density at radius 2 is 1.23 bits per heavy atom. The van der Waals surface area contributed by atoms with Gasteiger partial charge in [-0.05, 0) is 86.9 Å². The van der Waals surface area contributed by atoms with Gasteiger partial charge in [0.1, 0.15) is 0 Å². The highest BCUT2D eigenvalue weighted by molar-refractivity contribution is 4.86. The summed E-state index contributed by atoms with van der Waals surface area (Å²) in [7, 11) is 0. The summed E-state index contributed by atoms with van der Waals surface area (Å²) in [5.41, 5.74) is 0. The van der Waals surface area contributed by atoms with E-state index in [4.69, 9.17) is 0 Å². The highest BCUT2D eigenvalue weighted by Crippen LogP contribution is 2.46. The molecule has 0 aromatic heterocycles. The summed E-state index contributed by atoms with van der Waals surface area (Å²) in [4.78, 5) is 0. The van der Waals surface area contributed by atoms with E-state index in [-0.39, 0.29) is 6.67 Å². The van der Waals surface area contributed by atoms with Crippen molar-refractivity contribution in [3.63, 3.8) is 0 Å².